The van der Waals surface area contributed by atoms with E-state index in [9.17, 15) is 0 Å². The predicted molar refractivity (Wildman–Crippen MR) is 108 cm³/mol. The normalized spacial score (nSPS) is 12.5. The molecule has 0 atom stereocenters. The van der Waals surface area contributed by atoms with Gasteiger partial charge in [0.1, 0.15) is 0 Å². The Morgan fingerprint density at radius 1 is 1.20 bits per heavy atom. The Hall–Kier alpha value is -1.59. The van der Waals surface area contributed by atoms with Crippen LogP contribution in [0.2, 0.25) is 0 Å². The molecule has 0 bridgehead atoms. The maximum absolute atomic E-state index is 5.09. The third kappa shape index (κ3) is 7.88. The molecule has 0 saturated heterocycles. The minimum Gasteiger partial charge on any atom is -0.385 e. The molecule has 142 valence electrons. The Kier molecular flexibility index (Phi) is 9.53. The number of nitrogens with zero attached hydrogens (tertiary/aromatic N) is 2. The van der Waals surface area contributed by atoms with E-state index in [1.54, 1.807) is 7.11 Å². The molecule has 0 fully saturated rings. The van der Waals surface area contributed by atoms with Crippen LogP contribution in [-0.2, 0) is 10.2 Å². The van der Waals surface area contributed by atoms with Gasteiger partial charge in [0.2, 0.25) is 0 Å². The van der Waals surface area contributed by atoms with Crippen molar-refractivity contribution in [2.24, 2.45) is 4.99 Å². The second kappa shape index (κ2) is 11.1. The van der Waals surface area contributed by atoms with E-state index < -0.39 is 0 Å². The number of aliphatic imine (C=N–C) groups is 1. The van der Waals surface area contributed by atoms with Crippen molar-refractivity contribution in [1.29, 1.82) is 0 Å². The number of methoxy groups -OCH3 is 1. The van der Waals surface area contributed by atoms with Gasteiger partial charge >= 0.3 is 0 Å². The summed E-state index contributed by atoms with van der Waals surface area (Å²) in [5.41, 5.74) is 2.74. The fourth-order valence-electron chi connectivity index (χ4n) is 2.91. The van der Waals surface area contributed by atoms with Crippen LogP contribution < -0.4 is 10.6 Å². The summed E-state index contributed by atoms with van der Waals surface area (Å²) in [6.07, 6.45) is 1.06. The molecule has 0 aliphatic carbocycles. The third-order valence-corrected chi connectivity index (χ3v) is 4.47. The monoisotopic (exact) mass is 348 g/mol. The van der Waals surface area contributed by atoms with Crippen LogP contribution in [0.25, 0.3) is 0 Å². The van der Waals surface area contributed by atoms with Gasteiger partial charge in [-0.2, -0.15) is 0 Å². The molecule has 5 heteroatoms. The summed E-state index contributed by atoms with van der Waals surface area (Å²) in [7, 11) is 5.70. The number of nitrogens with one attached hydrogen (secondary N) is 2. The first kappa shape index (κ1) is 21.5. The molecule has 1 aromatic rings. The van der Waals surface area contributed by atoms with Crippen molar-refractivity contribution in [3.05, 3.63) is 35.4 Å². The zero-order valence-electron chi connectivity index (χ0n) is 16.9. The molecule has 0 aromatic heterocycles. The van der Waals surface area contributed by atoms with Crippen LogP contribution in [0.15, 0.2) is 29.3 Å². The van der Waals surface area contributed by atoms with Crippen LogP contribution in [0.3, 0.4) is 0 Å². The lowest BCUT2D eigenvalue weighted by Gasteiger charge is -2.28. The molecule has 0 amide bonds. The van der Waals surface area contributed by atoms with E-state index in [1.165, 1.54) is 11.1 Å². The SMILES string of the molecule is CN=C(NCCN(C)CCCOC)NCC(C)(C)c1ccccc1C. The molecule has 0 aliphatic heterocycles. The zero-order chi connectivity index (χ0) is 18.7. The van der Waals surface area contributed by atoms with E-state index in [1.807, 2.05) is 7.05 Å². The van der Waals surface area contributed by atoms with Gasteiger partial charge in [-0.3, -0.25) is 4.99 Å². The summed E-state index contributed by atoms with van der Waals surface area (Å²) < 4.78 is 5.09. The number of hydrogen-bond acceptors (Lipinski definition) is 3. The van der Waals surface area contributed by atoms with E-state index in [0.29, 0.717) is 0 Å². The highest BCUT2D eigenvalue weighted by molar-refractivity contribution is 5.79. The van der Waals surface area contributed by atoms with Crippen LogP contribution in [-0.4, -0.2) is 64.9 Å². The molecule has 1 rings (SSSR count). The highest BCUT2D eigenvalue weighted by Gasteiger charge is 2.22. The molecule has 0 aliphatic rings. The molecular formula is C20H36N4O. The Labute approximate surface area is 153 Å². The summed E-state index contributed by atoms with van der Waals surface area (Å²) in [5.74, 6) is 0.854. The van der Waals surface area contributed by atoms with E-state index in [-0.39, 0.29) is 5.41 Å². The Bertz CT molecular complexity index is 528. The maximum Gasteiger partial charge on any atom is 0.191 e. The molecule has 2 N–H and O–H groups in total. The van der Waals surface area contributed by atoms with Crippen LogP contribution in [0, 0.1) is 6.92 Å². The van der Waals surface area contributed by atoms with Gasteiger partial charge in [0.25, 0.3) is 0 Å². The molecule has 0 saturated carbocycles. The second-order valence-corrected chi connectivity index (χ2v) is 7.20. The highest BCUT2D eigenvalue weighted by Crippen LogP contribution is 2.25. The zero-order valence-corrected chi connectivity index (χ0v) is 16.9. The Morgan fingerprint density at radius 3 is 2.56 bits per heavy atom. The van der Waals surface area contributed by atoms with Gasteiger partial charge in [-0.1, -0.05) is 38.1 Å². The maximum atomic E-state index is 5.09. The summed E-state index contributed by atoms with van der Waals surface area (Å²) in [4.78, 5) is 6.64. The molecule has 0 heterocycles. The number of likely N-dealkylation sites (N-methyl/N-ethyl adjacent to an activating group) is 1. The minimum absolute atomic E-state index is 0.0416. The molecular weight excluding hydrogens is 312 g/mol. The van der Waals surface area contributed by atoms with E-state index >= 15 is 0 Å². The lowest BCUT2D eigenvalue weighted by Crippen LogP contribution is -2.45. The first-order valence-electron chi connectivity index (χ1n) is 9.09. The standard InChI is InChI=1S/C20H36N4O/c1-17-10-7-8-11-18(17)20(2,3)16-23-19(21-4)22-12-14-24(5)13-9-15-25-6/h7-8,10-11H,9,12-16H2,1-6H3,(H2,21,22,23). The van der Waals surface area contributed by atoms with Gasteiger partial charge < -0.3 is 20.3 Å². The molecule has 1 aromatic carbocycles. The van der Waals surface area contributed by atoms with Crippen LogP contribution in [0.4, 0.5) is 0 Å². The fourth-order valence-corrected chi connectivity index (χ4v) is 2.91. The molecule has 0 unspecified atom stereocenters. The lowest BCUT2D eigenvalue weighted by molar-refractivity contribution is 0.180. The van der Waals surface area contributed by atoms with Crippen molar-refractivity contribution >= 4 is 5.96 Å². The minimum atomic E-state index is 0.0416. The Balaban J connectivity index is 2.40. The molecule has 0 spiro atoms. The van der Waals surface area contributed by atoms with E-state index in [0.717, 1.165) is 45.2 Å². The summed E-state index contributed by atoms with van der Waals surface area (Å²) in [6, 6.07) is 8.58. The van der Waals surface area contributed by atoms with Crippen molar-refractivity contribution in [1.82, 2.24) is 15.5 Å². The van der Waals surface area contributed by atoms with Crippen LogP contribution in [0.1, 0.15) is 31.4 Å². The summed E-state index contributed by atoms with van der Waals surface area (Å²) in [6.45, 7) is 11.2. The largest absolute Gasteiger partial charge is 0.385 e. The van der Waals surface area contributed by atoms with Crippen LogP contribution in [0.5, 0.6) is 0 Å². The average molecular weight is 349 g/mol. The van der Waals surface area contributed by atoms with Gasteiger partial charge in [0, 0.05) is 52.4 Å². The van der Waals surface area contributed by atoms with Crippen molar-refractivity contribution in [2.45, 2.75) is 32.6 Å². The van der Waals surface area contributed by atoms with E-state index in [4.69, 9.17) is 4.74 Å². The van der Waals surface area contributed by atoms with Gasteiger partial charge in [-0.05, 0) is 31.5 Å². The number of rotatable bonds is 10. The first-order valence-corrected chi connectivity index (χ1v) is 9.09. The van der Waals surface area contributed by atoms with Crippen molar-refractivity contribution in [2.75, 3.05) is 54.0 Å². The fraction of sp³-hybridized carbons (Fsp3) is 0.650. The number of guanidine groups is 1. The molecule has 0 radical (unpaired) electrons. The van der Waals surface area contributed by atoms with Gasteiger partial charge in [-0.25, -0.2) is 0 Å². The van der Waals surface area contributed by atoms with Gasteiger partial charge in [0.05, 0.1) is 0 Å². The topological polar surface area (TPSA) is 48.9 Å². The van der Waals surface area contributed by atoms with Gasteiger partial charge in [-0.15, -0.1) is 0 Å². The number of benzene rings is 1. The van der Waals surface area contributed by atoms with Gasteiger partial charge in [0.15, 0.2) is 5.96 Å². The number of ether oxygens (including phenoxy) is 1. The van der Waals surface area contributed by atoms with Crippen molar-refractivity contribution in [3.63, 3.8) is 0 Å². The number of hydrogen-bond donors (Lipinski definition) is 2. The summed E-state index contributed by atoms with van der Waals surface area (Å²) in [5, 5.41) is 6.86. The predicted octanol–water partition coefficient (Wildman–Crippen LogP) is 2.41. The number of aryl methyl sites for hydroxylation is 1. The second-order valence-electron chi connectivity index (χ2n) is 7.20. The Morgan fingerprint density at radius 2 is 1.92 bits per heavy atom. The first-order chi connectivity index (χ1) is 11.9. The summed E-state index contributed by atoms with van der Waals surface area (Å²) >= 11 is 0. The van der Waals surface area contributed by atoms with Crippen molar-refractivity contribution < 1.29 is 4.74 Å². The van der Waals surface area contributed by atoms with Crippen molar-refractivity contribution in [3.8, 4) is 0 Å². The average Bonchev–Trinajstić information content (AvgIpc) is 2.58. The van der Waals surface area contributed by atoms with Crippen LogP contribution >= 0.6 is 0 Å². The molecule has 5 nitrogen and oxygen atoms in total. The lowest BCUT2D eigenvalue weighted by atomic mass is 9.82. The third-order valence-electron chi connectivity index (χ3n) is 4.47. The molecule has 25 heavy (non-hydrogen) atoms. The quantitative estimate of drug-likeness (QED) is 0.387. The highest BCUT2D eigenvalue weighted by atomic mass is 16.5. The van der Waals surface area contributed by atoms with E-state index in [2.05, 4.69) is 72.6 Å². The smallest absolute Gasteiger partial charge is 0.191 e.